The monoisotopic (exact) mass is 412 g/mol. The molecule has 0 aliphatic carbocycles. The van der Waals surface area contributed by atoms with Crippen LogP contribution in [0.4, 0.5) is 0 Å². The van der Waals surface area contributed by atoms with Crippen molar-refractivity contribution in [3.63, 3.8) is 0 Å². The van der Waals surface area contributed by atoms with Crippen molar-refractivity contribution in [2.75, 3.05) is 0 Å². The fraction of sp³-hybridized carbons (Fsp3) is 0.238. The van der Waals surface area contributed by atoms with E-state index in [-0.39, 0.29) is 17.8 Å². The van der Waals surface area contributed by atoms with Gasteiger partial charge in [0.25, 0.3) is 5.56 Å². The molecular weight excluding hydrogens is 392 g/mol. The predicted molar refractivity (Wildman–Crippen MR) is 108 cm³/mol. The van der Waals surface area contributed by atoms with E-state index in [2.05, 4.69) is 15.9 Å². The molecule has 0 amide bonds. The van der Waals surface area contributed by atoms with E-state index in [9.17, 15) is 9.59 Å². The molecule has 3 aromatic rings. The van der Waals surface area contributed by atoms with Crippen molar-refractivity contribution >= 4 is 15.9 Å². The third kappa shape index (κ3) is 3.73. The van der Waals surface area contributed by atoms with Crippen LogP contribution in [0.25, 0.3) is 0 Å². The molecule has 1 heterocycles. The van der Waals surface area contributed by atoms with Crippen LogP contribution < -0.4 is 11.2 Å². The number of aromatic nitrogens is 2. The normalized spacial score (nSPS) is 10.9. The molecule has 5 heteroatoms. The smallest absolute Gasteiger partial charge is 0.293 e. The Bertz CT molecular complexity index is 1050. The van der Waals surface area contributed by atoms with Crippen molar-refractivity contribution in [1.82, 2.24) is 9.13 Å². The lowest BCUT2D eigenvalue weighted by atomic mass is 10.1. The SMILES string of the molecule is Cc1ccc(Cn2c(C)c(C)c(=O)n(Cc3ccc(Br)cc3)c2=O)cc1. The van der Waals surface area contributed by atoms with E-state index in [1.54, 1.807) is 11.5 Å². The average Bonchev–Trinajstić information content (AvgIpc) is 2.64. The predicted octanol–water partition coefficient (Wildman–Crippen LogP) is 3.79. The summed E-state index contributed by atoms with van der Waals surface area (Å²) in [5.41, 5.74) is 3.94. The first-order valence-corrected chi connectivity index (χ1v) is 9.27. The van der Waals surface area contributed by atoms with Gasteiger partial charge in [-0.15, -0.1) is 0 Å². The van der Waals surface area contributed by atoms with Crippen LogP contribution in [0.2, 0.25) is 0 Å². The lowest BCUT2D eigenvalue weighted by Gasteiger charge is -2.16. The molecule has 0 saturated heterocycles. The molecule has 0 fully saturated rings. The summed E-state index contributed by atoms with van der Waals surface area (Å²) in [4.78, 5) is 25.7. The van der Waals surface area contributed by atoms with Gasteiger partial charge in [0.05, 0.1) is 13.1 Å². The summed E-state index contributed by atoms with van der Waals surface area (Å²) in [7, 11) is 0. The Morgan fingerprint density at radius 1 is 0.769 bits per heavy atom. The number of benzene rings is 2. The number of halogens is 1. The molecule has 0 unspecified atom stereocenters. The Morgan fingerprint density at radius 3 is 1.85 bits per heavy atom. The molecule has 26 heavy (non-hydrogen) atoms. The van der Waals surface area contributed by atoms with Gasteiger partial charge < -0.3 is 0 Å². The van der Waals surface area contributed by atoms with Crippen LogP contribution in [-0.4, -0.2) is 9.13 Å². The molecule has 0 bridgehead atoms. The van der Waals surface area contributed by atoms with E-state index in [0.29, 0.717) is 17.8 Å². The Hall–Kier alpha value is -2.40. The molecule has 134 valence electrons. The minimum Gasteiger partial charge on any atom is -0.293 e. The summed E-state index contributed by atoms with van der Waals surface area (Å²) < 4.78 is 3.96. The second-order valence-electron chi connectivity index (χ2n) is 6.58. The standard InChI is InChI=1S/C21H21BrN2O2/c1-14-4-6-17(7-5-14)12-23-16(3)15(2)20(25)24(21(23)26)13-18-8-10-19(22)11-9-18/h4-11H,12-13H2,1-3H3. The van der Waals surface area contributed by atoms with Crippen LogP contribution in [0.1, 0.15) is 27.9 Å². The van der Waals surface area contributed by atoms with Gasteiger partial charge in [-0.1, -0.05) is 57.9 Å². The second kappa shape index (κ2) is 7.46. The van der Waals surface area contributed by atoms with Crippen LogP contribution in [-0.2, 0) is 13.1 Å². The molecule has 0 atom stereocenters. The van der Waals surface area contributed by atoms with Gasteiger partial charge in [-0.2, -0.15) is 0 Å². The third-order valence-corrected chi connectivity index (χ3v) is 5.22. The van der Waals surface area contributed by atoms with Crippen molar-refractivity contribution in [1.29, 1.82) is 0 Å². The van der Waals surface area contributed by atoms with Crippen LogP contribution >= 0.6 is 15.9 Å². The minimum absolute atomic E-state index is 0.226. The molecule has 0 aliphatic heterocycles. The lowest BCUT2D eigenvalue weighted by Crippen LogP contribution is -2.42. The number of hydrogen-bond donors (Lipinski definition) is 0. The van der Waals surface area contributed by atoms with Gasteiger partial charge in [0.1, 0.15) is 0 Å². The average molecular weight is 413 g/mol. The molecule has 1 aromatic heterocycles. The summed E-state index contributed by atoms with van der Waals surface area (Å²) in [6, 6.07) is 15.7. The Balaban J connectivity index is 2.06. The van der Waals surface area contributed by atoms with Gasteiger partial charge >= 0.3 is 5.69 Å². The summed E-state index contributed by atoms with van der Waals surface area (Å²) in [6.07, 6.45) is 0. The lowest BCUT2D eigenvalue weighted by molar-refractivity contribution is 0.591. The van der Waals surface area contributed by atoms with Gasteiger partial charge in [-0.3, -0.25) is 13.9 Å². The summed E-state index contributed by atoms with van der Waals surface area (Å²) in [6.45, 7) is 6.35. The first kappa shape index (κ1) is 18.4. The summed E-state index contributed by atoms with van der Waals surface area (Å²) in [5.74, 6) is 0. The van der Waals surface area contributed by atoms with Gasteiger partial charge in [0.2, 0.25) is 0 Å². The van der Waals surface area contributed by atoms with Crippen LogP contribution in [0.5, 0.6) is 0 Å². The van der Waals surface area contributed by atoms with Crippen LogP contribution in [0.15, 0.2) is 62.6 Å². The molecule has 0 aliphatic rings. The van der Waals surface area contributed by atoms with Gasteiger partial charge in [-0.25, -0.2) is 4.79 Å². The molecule has 2 aromatic carbocycles. The van der Waals surface area contributed by atoms with Gasteiger partial charge in [-0.05, 0) is 44.0 Å². The molecule has 0 N–H and O–H groups in total. The van der Waals surface area contributed by atoms with Crippen molar-refractivity contribution in [2.24, 2.45) is 0 Å². The number of hydrogen-bond acceptors (Lipinski definition) is 2. The van der Waals surface area contributed by atoms with E-state index in [1.165, 1.54) is 10.1 Å². The van der Waals surface area contributed by atoms with Crippen LogP contribution in [0, 0.1) is 20.8 Å². The first-order chi connectivity index (χ1) is 12.4. The van der Waals surface area contributed by atoms with E-state index >= 15 is 0 Å². The van der Waals surface area contributed by atoms with Crippen molar-refractivity contribution < 1.29 is 0 Å². The number of nitrogens with zero attached hydrogens (tertiary/aromatic N) is 2. The molecule has 0 saturated carbocycles. The van der Waals surface area contributed by atoms with Crippen LogP contribution in [0.3, 0.4) is 0 Å². The van der Waals surface area contributed by atoms with Crippen molar-refractivity contribution in [2.45, 2.75) is 33.9 Å². The van der Waals surface area contributed by atoms with E-state index < -0.39 is 0 Å². The maximum atomic E-state index is 13.0. The van der Waals surface area contributed by atoms with E-state index in [4.69, 9.17) is 0 Å². The highest BCUT2D eigenvalue weighted by atomic mass is 79.9. The molecule has 0 spiro atoms. The summed E-state index contributed by atoms with van der Waals surface area (Å²) >= 11 is 3.40. The number of rotatable bonds is 4. The third-order valence-electron chi connectivity index (χ3n) is 4.69. The topological polar surface area (TPSA) is 44.0 Å². The highest BCUT2D eigenvalue weighted by Gasteiger charge is 2.14. The quantitative estimate of drug-likeness (QED) is 0.653. The zero-order valence-electron chi connectivity index (χ0n) is 15.1. The molecular formula is C21H21BrN2O2. The van der Waals surface area contributed by atoms with E-state index in [0.717, 1.165) is 15.6 Å². The minimum atomic E-state index is -0.276. The maximum absolute atomic E-state index is 13.0. The van der Waals surface area contributed by atoms with Crippen molar-refractivity contribution in [3.8, 4) is 0 Å². The van der Waals surface area contributed by atoms with Gasteiger partial charge in [0, 0.05) is 15.7 Å². The Kier molecular flexibility index (Phi) is 5.28. The second-order valence-corrected chi connectivity index (χ2v) is 7.50. The fourth-order valence-electron chi connectivity index (χ4n) is 2.91. The highest BCUT2D eigenvalue weighted by Crippen LogP contribution is 2.11. The summed E-state index contributed by atoms with van der Waals surface area (Å²) in [5, 5.41) is 0. The Morgan fingerprint density at radius 2 is 1.27 bits per heavy atom. The first-order valence-electron chi connectivity index (χ1n) is 8.47. The highest BCUT2D eigenvalue weighted by molar-refractivity contribution is 9.10. The van der Waals surface area contributed by atoms with Crippen molar-refractivity contribution in [3.05, 3.63) is 102 Å². The van der Waals surface area contributed by atoms with E-state index in [1.807, 2.05) is 62.4 Å². The maximum Gasteiger partial charge on any atom is 0.331 e. The number of aryl methyl sites for hydroxylation is 1. The Labute approximate surface area is 160 Å². The van der Waals surface area contributed by atoms with Gasteiger partial charge in [0.15, 0.2) is 0 Å². The molecule has 4 nitrogen and oxygen atoms in total. The fourth-order valence-corrected chi connectivity index (χ4v) is 3.17. The zero-order chi connectivity index (χ0) is 18.8. The molecule has 0 radical (unpaired) electrons. The molecule has 3 rings (SSSR count). The largest absolute Gasteiger partial charge is 0.331 e. The zero-order valence-corrected chi connectivity index (χ0v) is 16.7.